The predicted molar refractivity (Wildman–Crippen MR) is 83.9 cm³/mol. The second-order valence-electron chi connectivity index (χ2n) is 4.90. The maximum atomic E-state index is 12.1. The summed E-state index contributed by atoms with van der Waals surface area (Å²) < 4.78 is 0.956. The summed E-state index contributed by atoms with van der Waals surface area (Å²) in [6.45, 7) is 0. The fourth-order valence-electron chi connectivity index (χ4n) is 2.36. The number of benzene rings is 1. The van der Waals surface area contributed by atoms with E-state index in [0.717, 1.165) is 0 Å². The molecular weight excluding hydrogens is 336 g/mol. The Kier molecular flexibility index (Phi) is 3.77. The van der Waals surface area contributed by atoms with Gasteiger partial charge in [0.1, 0.15) is 0 Å². The number of aromatic nitrogens is 6. The third-order valence-corrected chi connectivity index (χ3v) is 3.34. The summed E-state index contributed by atoms with van der Waals surface area (Å²) in [6.07, 6.45) is -1.54. The molecule has 0 aliphatic rings. The Morgan fingerprint density at radius 2 is 0.960 bits per heavy atom. The first kappa shape index (κ1) is 15.9. The first-order valence-corrected chi connectivity index (χ1v) is 6.83. The number of hydrogen-bond donors (Lipinski definition) is 4. The summed E-state index contributed by atoms with van der Waals surface area (Å²) in [4.78, 5) is 78.4. The standard InChI is InChI=1S/C13H10N6O6/c20-8-14-10(22)18(11(23)15-8)7(6-4-2-1-3-5-6)19-12(24)16-9(21)17-13(19)25/h1-5,7H,(H2,14,15,20,22,23)(H2,16,17,21,24,25). The van der Waals surface area contributed by atoms with Crippen LogP contribution >= 0.6 is 0 Å². The number of nitrogens with one attached hydrogen (secondary N) is 4. The van der Waals surface area contributed by atoms with Gasteiger partial charge in [0.05, 0.1) is 0 Å². The van der Waals surface area contributed by atoms with Crippen molar-refractivity contribution in [3.05, 3.63) is 98.8 Å². The Morgan fingerprint density at radius 3 is 1.32 bits per heavy atom. The largest absolute Gasteiger partial charge is 0.335 e. The first-order chi connectivity index (χ1) is 11.9. The highest BCUT2D eigenvalue weighted by molar-refractivity contribution is 5.20. The fraction of sp³-hybridized carbons (Fsp3) is 0.0769. The van der Waals surface area contributed by atoms with Crippen molar-refractivity contribution >= 4 is 0 Å². The molecular formula is C13H10N6O6. The molecule has 0 unspecified atom stereocenters. The van der Waals surface area contributed by atoms with Gasteiger partial charge in [-0.3, -0.25) is 19.9 Å². The van der Waals surface area contributed by atoms with Crippen LogP contribution < -0.4 is 34.1 Å². The average molecular weight is 346 g/mol. The van der Waals surface area contributed by atoms with E-state index in [4.69, 9.17) is 0 Å². The van der Waals surface area contributed by atoms with Gasteiger partial charge in [0, 0.05) is 0 Å². The van der Waals surface area contributed by atoms with E-state index in [0.29, 0.717) is 9.13 Å². The van der Waals surface area contributed by atoms with Crippen molar-refractivity contribution in [3.63, 3.8) is 0 Å². The third-order valence-electron chi connectivity index (χ3n) is 3.34. The summed E-state index contributed by atoms with van der Waals surface area (Å²) in [6, 6.07) is 7.66. The van der Waals surface area contributed by atoms with Crippen molar-refractivity contribution in [2.45, 2.75) is 6.17 Å². The summed E-state index contributed by atoms with van der Waals surface area (Å²) in [5, 5.41) is 0. The Bertz CT molecular complexity index is 1120. The van der Waals surface area contributed by atoms with Crippen LogP contribution in [0.2, 0.25) is 0 Å². The molecule has 0 bridgehead atoms. The van der Waals surface area contributed by atoms with E-state index in [2.05, 4.69) is 0 Å². The van der Waals surface area contributed by atoms with E-state index in [1.54, 1.807) is 18.2 Å². The zero-order valence-corrected chi connectivity index (χ0v) is 12.3. The predicted octanol–water partition coefficient (Wildman–Crippen LogP) is -3.14. The molecule has 12 heteroatoms. The topological polar surface area (TPSA) is 175 Å². The minimum Gasteiger partial charge on any atom is -0.259 e. The van der Waals surface area contributed by atoms with Gasteiger partial charge in [-0.1, -0.05) is 30.3 Å². The zero-order valence-electron chi connectivity index (χ0n) is 12.3. The van der Waals surface area contributed by atoms with Crippen molar-refractivity contribution in [3.8, 4) is 0 Å². The highest BCUT2D eigenvalue weighted by Crippen LogP contribution is 2.13. The smallest absolute Gasteiger partial charge is 0.259 e. The summed E-state index contributed by atoms with van der Waals surface area (Å²) >= 11 is 0. The molecule has 0 spiro atoms. The second kappa shape index (κ2) is 5.92. The van der Waals surface area contributed by atoms with Crippen LogP contribution in [0.5, 0.6) is 0 Å². The maximum Gasteiger partial charge on any atom is 0.335 e. The molecule has 0 radical (unpaired) electrons. The van der Waals surface area contributed by atoms with Gasteiger partial charge in [0.2, 0.25) is 0 Å². The molecule has 0 atom stereocenters. The van der Waals surface area contributed by atoms with Crippen LogP contribution in [-0.2, 0) is 0 Å². The van der Waals surface area contributed by atoms with E-state index in [-0.39, 0.29) is 5.56 Å². The summed E-state index contributed by atoms with van der Waals surface area (Å²) in [7, 11) is 0. The van der Waals surface area contributed by atoms with Crippen molar-refractivity contribution < 1.29 is 0 Å². The lowest BCUT2D eigenvalue weighted by Crippen LogP contribution is -2.53. The molecule has 1 aromatic carbocycles. The molecule has 0 aliphatic heterocycles. The molecule has 0 amide bonds. The van der Waals surface area contributed by atoms with Gasteiger partial charge in [0.15, 0.2) is 6.17 Å². The quantitative estimate of drug-likeness (QED) is 0.389. The van der Waals surface area contributed by atoms with Gasteiger partial charge in [-0.05, 0) is 5.56 Å². The van der Waals surface area contributed by atoms with Crippen LogP contribution in [0.4, 0.5) is 0 Å². The highest BCUT2D eigenvalue weighted by Gasteiger charge is 2.24. The Morgan fingerprint density at radius 1 is 0.600 bits per heavy atom. The molecule has 3 rings (SSSR count). The van der Waals surface area contributed by atoms with Gasteiger partial charge in [0.25, 0.3) is 0 Å². The minimum atomic E-state index is -1.54. The molecule has 2 aromatic heterocycles. The first-order valence-electron chi connectivity index (χ1n) is 6.83. The van der Waals surface area contributed by atoms with Crippen LogP contribution in [0.15, 0.2) is 59.1 Å². The lowest BCUT2D eigenvalue weighted by molar-refractivity contribution is 0.417. The van der Waals surface area contributed by atoms with Crippen molar-refractivity contribution in [1.29, 1.82) is 0 Å². The van der Waals surface area contributed by atoms with E-state index in [9.17, 15) is 28.8 Å². The average Bonchev–Trinajstić information content (AvgIpc) is 2.52. The number of nitrogens with zero attached hydrogens (tertiary/aromatic N) is 2. The Labute approximate surface area is 135 Å². The van der Waals surface area contributed by atoms with Gasteiger partial charge in [-0.25, -0.2) is 37.9 Å². The van der Waals surface area contributed by atoms with Crippen LogP contribution in [0.1, 0.15) is 11.7 Å². The number of hydrogen-bond acceptors (Lipinski definition) is 6. The molecule has 0 fully saturated rings. The SMILES string of the molecule is O=c1[nH]c(=O)n(C(c2ccccc2)n2c(=O)[nH]c(=O)[nH]c2=O)c(=O)[nH]1. The summed E-state index contributed by atoms with van der Waals surface area (Å²) in [5.41, 5.74) is -6.43. The molecule has 12 nitrogen and oxygen atoms in total. The molecule has 2 heterocycles. The molecule has 3 aromatic rings. The molecule has 25 heavy (non-hydrogen) atoms. The monoisotopic (exact) mass is 346 g/mol. The molecule has 0 aliphatic carbocycles. The fourth-order valence-corrected chi connectivity index (χ4v) is 2.36. The van der Waals surface area contributed by atoms with E-state index < -0.39 is 40.3 Å². The number of aromatic amines is 4. The van der Waals surface area contributed by atoms with Gasteiger partial charge in [-0.15, -0.1) is 0 Å². The Balaban J connectivity index is 2.47. The van der Waals surface area contributed by atoms with Crippen LogP contribution in [-0.4, -0.2) is 29.1 Å². The lowest BCUT2D eigenvalue weighted by atomic mass is 10.1. The number of rotatable bonds is 3. The number of H-pyrrole nitrogens is 4. The van der Waals surface area contributed by atoms with E-state index >= 15 is 0 Å². The highest BCUT2D eigenvalue weighted by atomic mass is 16.2. The maximum absolute atomic E-state index is 12.1. The third kappa shape index (κ3) is 2.83. The van der Waals surface area contributed by atoms with Gasteiger partial charge >= 0.3 is 34.1 Å². The van der Waals surface area contributed by atoms with Crippen LogP contribution in [0.25, 0.3) is 0 Å². The molecule has 0 saturated carbocycles. The molecule has 128 valence electrons. The zero-order chi connectivity index (χ0) is 18.1. The van der Waals surface area contributed by atoms with E-state index in [1.807, 2.05) is 19.9 Å². The van der Waals surface area contributed by atoms with Crippen molar-refractivity contribution in [1.82, 2.24) is 29.1 Å². The van der Waals surface area contributed by atoms with Gasteiger partial charge in [-0.2, -0.15) is 0 Å². The van der Waals surface area contributed by atoms with Crippen LogP contribution in [0.3, 0.4) is 0 Å². The minimum absolute atomic E-state index is 0.210. The molecule has 4 N–H and O–H groups in total. The van der Waals surface area contributed by atoms with E-state index in [1.165, 1.54) is 12.1 Å². The van der Waals surface area contributed by atoms with Crippen molar-refractivity contribution in [2.75, 3.05) is 0 Å². The summed E-state index contributed by atoms with van der Waals surface area (Å²) in [5.74, 6) is 0. The second-order valence-corrected chi connectivity index (χ2v) is 4.90. The van der Waals surface area contributed by atoms with Crippen LogP contribution in [0, 0.1) is 0 Å². The van der Waals surface area contributed by atoms with Crippen molar-refractivity contribution in [2.24, 2.45) is 0 Å². The lowest BCUT2D eigenvalue weighted by Gasteiger charge is -2.19. The molecule has 0 saturated heterocycles. The Hall–Kier alpha value is -3.96. The van der Waals surface area contributed by atoms with Gasteiger partial charge < -0.3 is 0 Å². The normalized spacial score (nSPS) is 10.9.